The van der Waals surface area contributed by atoms with Crippen molar-refractivity contribution in [2.45, 2.75) is 19.9 Å². The van der Waals surface area contributed by atoms with Crippen LogP contribution in [0.2, 0.25) is 0 Å². The van der Waals surface area contributed by atoms with Gasteiger partial charge in [-0.05, 0) is 57.0 Å². The van der Waals surface area contributed by atoms with Gasteiger partial charge in [0.05, 0.1) is 0 Å². The zero-order valence-electron chi connectivity index (χ0n) is 15.6. The van der Waals surface area contributed by atoms with Crippen LogP contribution in [0.1, 0.15) is 17.7 Å². The molecule has 0 spiro atoms. The van der Waals surface area contributed by atoms with Crippen molar-refractivity contribution in [1.82, 2.24) is 9.80 Å². The largest absolute Gasteiger partial charge is 0.461 e. The van der Waals surface area contributed by atoms with Gasteiger partial charge < -0.3 is 14.4 Å². The number of furan rings is 1. The van der Waals surface area contributed by atoms with E-state index in [1.807, 2.05) is 13.0 Å². The van der Waals surface area contributed by atoms with Crippen LogP contribution in [0.3, 0.4) is 0 Å². The zero-order valence-corrected chi connectivity index (χ0v) is 15.6. The molecule has 25 heavy (non-hydrogen) atoms. The fourth-order valence-corrected chi connectivity index (χ4v) is 4.05. The van der Waals surface area contributed by atoms with Crippen molar-refractivity contribution in [2.75, 3.05) is 40.3 Å². The molecule has 0 radical (unpaired) electrons. The first-order chi connectivity index (χ1) is 12.0. The van der Waals surface area contributed by atoms with Gasteiger partial charge in [-0.25, -0.2) is 0 Å². The van der Waals surface area contributed by atoms with E-state index in [-0.39, 0.29) is 6.61 Å². The lowest BCUT2D eigenvalue weighted by molar-refractivity contribution is 0.0693. The first kappa shape index (κ1) is 18.2. The van der Waals surface area contributed by atoms with Crippen LogP contribution in [0.4, 0.5) is 0 Å². The molecule has 0 unspecified atom stereocenters. The van der Waals surface area contributed by atoms with E-state index in [1.54, 1.807) is 0 Å². The lowest BCUT2D eigenvalue weighted by atomic mass is 9.89. The Balaban J connectivity index is 1.77. The Kier molecular flexibility index (Phi) is 5.94. The summed E-state index contributed by atoms with van der Waals surface area (Å²) in [6.07, 6.45) is 1.12. The Bertz CT molecular complexity index is 680. The second-order valence-electron chi connectivity index (χ2n) is 7.67. The number of aliphatic hydroxyl groups is 1. The fraction of sp³-hybridized carbons (Fsp3) is 0.524. The maximum atomic E-state index is 9.71. The molecule has 1 aliphatic rings. The minimum Gasteiger partial charge on any atom is -0.461 e. The summed E-state index contributed by atoms with van der Waals surface area (Å²) >= 11 is 0. The summed E-state index contributed by atoms with van der Waals surface area (Å²) in [6.45, 7) is 6.28. The average molecular weight is 342 g/mol. The van der Waals surface area contributed by atoms with E-state index in [2.05, 4.69) is 54.2 Å². The first-order valence-corrected chi connectivity index (χ1v) is 9.17. The summed E-state index contributed by atoms with van der Waals surface area (Å²) in [5, 5.41) is 9.71. The van der Waals surface area contributed by atoms with Gasteiger partial charge in [0.25, 0.3) is 0 Å². The molecule has 4 heteroatoms. The van der Waals surface area contributed by atoms with Gasteiger partial charge in [0, 0.05) is 38.3 Å². The fourth-order valence-electron chi connectivity index (χ4n) is 4.05. The molecule has 2 heterocycles. The quantitative estimate of drug-likeness (QED) is 0.875. The van der Waals surface area contributed by atoms with Gasteiger partial charge in [-0.2, -0.15) is 0 Å². The molecule has 1 saturated heterocycles. The van der Waals surface area contributed by atoms with Crippen LogP contribution in [0.25, 0.3) is 11.3 Å². The molecule has 1 aromatic carbocycles. The highest BCUT2D eigenvalue weighted by atomic mass is 16.3. The highest BCUT2D eigenvalue weighted by Gasteiger charge is 2.27. The van der Waals surface area contributed by atoms with Crippen LogP contribution < -0.4 is 0 Å². The molecule has 3 rings (SSSR count). The van der Waals surface area contributed by atoms with Gasteiger partial charge in [0.2, 0.25) is 0 Å². The minimum absolute atomic E-state index is 0.277. The van der Waals surface area contributed by atoms with E-state index in [1.165, 1.54) is 11.1 Å². The predicted molar refractivity (Wildman–Crippen MR) is 101 cm³/mol. The van der Waals surface area contributed by atoms with Crippen LogP contribution in [-0.4, -0.2) is 55.2 Å². The number of aliphatic hydroxyl groups excluding tert-OH is 1. The summed E-state index contributed by atoms with van der Waals surface area (Å²) in [5.41, 5.74) is 2.46. The van der Waals surface area contributed by atoms with Crippen LogP contribution in [0.15, 0.2) is 40.8 Å². The second kappa shape index (κ2) is 8.17. The van der Waals surface area contributed by atoms with E-state index >= 15 is 0 Å². The van der Waals surface area contributed by atoms with Crippen molar-refractivity contribution >= 4 is 0 Å². The summed E-state index contributed by atoms with van der Waals surface area (Å²) in [7, 11) is 4.25. The Morgan fingerprint density at radius 3 is 2.56 bits per heavy atom. The van der Waals surface area contributed by atoms with Crippen molar-refractivity contribution in [3.8, 4) is 11.3 Å². The van der Waals surface area contributed by atoms with Gasteiger partial charge in [0.15, 0.2) is 0 Å². The molecule has 1 aromatic heterocycles. The van der Waals surface area contributed by atoms with Crippen LogP contribution in [0.5, 0.6) is 0 Å². The number of piperidine rings is 1. The smallest absolute Gasteiger partial charge is 0.134 e. The Morgan fingerprint density at radius 1 is 1.12 bits per heavy atom. The molecule has 0 aliphatic carbocycles. The van der Waals surface area contributed by atoms with Crippen LogP contribution in [0, 0.1) is 18.8 Å². The van der Waals surface area contributed by atoms with E-state index in [4.69, 9.17) is 4.42 Å². The summed E-state index contributed by atoms with van der Waals surface area (Å²) in [6, 6.07) is 12.6. The van der Waals surface area contributed by atoms with Gasteiger partial charge in [0.1, 0.15) is 11.5 Å². The maximum Gasteiger partial charge on any atom is 0.134 e. The lowest BCUT2D eigenvalue weighted by Crippen LogP contribution is -2.44. The summed E-state index contributed by atoms with van der Waals surface area (Å²) < 4.78 is 5.85. The van der Waals surface area contributed by atoms with Crippen molar-refractivity contribution in [3.63, 3.8) is 0 Å². The standard InChI is InChI=1S/C21H30N2O2/c1-16-8-9-21(25-16)20-7-5-4-6-19(20)14-23-12-17(11-22(2)3)10-18(13-23)15-24/h4-9,17-18,24H,10-15H2,1-3H3/t17-,18+/m0/s1. The Hall–Kier alpha value is -1.62. The molecule has 136 valence electrons. The monoisotopic (exact) mass is 342 g/mol. The van der Waals surface area contributed by atoms with E-state index in [0.29, 0.717) is 11.8 Å². The normalized spacial score (nSPS) is 21.8. The third-order valence-electron chi connectivity index (χ3n) is 5.00. The van der Waals surface area contributed by atoms with Crippen molar-refractivity contribution in [3.05, 3.63) is 47.7 Å². The molecular formula is C21H30N2O2. The topological polar surface area (TPSA) is 39.9 Å². The number of nitrogens with zero attached hydrogens (tertiary/aromatic N) is 2. The molecular weight excluding hydrogens is 312 g/mol. The molecule has 0 amide bonds. The number of hydrogen-bond acceptors (Lipinski definition) is 4. The van der Waals surface area contributed by atoms with Gasteiger partial charge >= 0.3 is 0 Å². The first-order valence-electron chi connectivity index (χ1n) is 9.17. The van der Waals surface area contributed by atoms with Crippen LogP contribution in [-0.2, 0) is 6.54 Å². The molecule has 1 fully saturated rings. The molecule has 2 atom stereocenters. The summed E-state index contributed by atoms with van der Waals surface area (Å²) in [4.78, 5) is 4.75. The van der Waals surface area contributed by atoms with Crippen molar-refractivity contribution < 1.29 is 9.52 Å². The minimum atomic E-state index is 0.277. The Labute approximate surface area is 151 Å². The Morgan fingerprint density at radius 2 is 1.88 bits per heavy atom. The van der Waals surface area contributed by atoms with Gasteiger partial charge in [-0.1, -0.05) is 24.3 Å². The highest BCUT2D eigenvalue weighted by molar-refractivity contribution is 5.62. The molecule has 1 aliphatic heterocycles. The predicted octanol–water partition coefficient (Wildman–Crippen LogP) is 3.25. The van der Waals surface area contributed by atoms with Crippen molar-refractivity contribution in [2.24, 2.45) is 11.8 Å². The molecule has 0 bridgehead atoms. The zero-order chi connectivity index (χ0) is 17.8. The maximum absolute atomic E-state index is 9.71. The molecule has 1 N–H and O–H groups in total. The van der Waals surface area contributed by atoms with Gasteiger partial charge in [-0.3, -0.25) is 4.90 Å². The van der Waals surface area contributed by atoms with Crippen molar-refractivity contribution in [1.29, 1.82) is 0 Å². The number of likely N-dealkylation sites (tertiary alicyclic amines) is 1. The second-order valence-corrected chi connectivity index (χ2v) is 7.67. The SMILES string of the molecule is Cc1ccc(-c2ccccc2CN2C[C@H](CO)C[C@@H](CN(C)C)C2)o1. The van der Waals surface area contributed by atoms with E-state index < -0.39 is 0 Å². The average Bonchev–Trinajstić information content (AvgIpc) is 3.00. The summed E-state index contributed by atoms with van der Waals surface area (Å²) in [5.74, 6) is 2.86. The molecule has 0 saturated carbocycles. The number of rotatable bonds is 6. The van der Waals surface area contributed by atoms with E-state index in [9.17, 15) is 5.11 Å². The van der Waals surface area contributed by atoms with Gasteiger partial charge in [-0.15, -0.1) is 0 Å². The van der Waals surface area contributed by atoms with E-state index in [0.717, 1.165) is 44.1 Å². The third kappa shape index (κ3) is 4.72. The molecule has 2 aromatic rings. The number of aryl methyl sites for hydroxylation is 1. The number of hydrogen-bond donors (Lipinski definition) is 1. The number of benzene rings is 1. The highest BCUT2D eigenvalue weighted by Crippen LogP contribution is 2.29. The molecule has 4 nitrogen and oxygen atoms in total. The lowest BCUT2D eigenvalue weighted by Gasteiger charge is -2.38. The van der Waals surface area contributed by atoms with Crippen LogP contribution >= 0.6 is 0 Å². The third-order valence-corrected chi connectivity index (χ3v) is 5.00.